The lowest BCUT2D eigenvalue weighted by atomic mass is 9.98. The van der Waals surface area contributed by atoms with E-state index in [0.29, 0.717) is 6.42 Å². The van der Waals surface area contributed by atoms with Crippen LogP contribution in [0.5, 0.6) is 0 Å². The number of fused-ring (bicyclic) bond motifs is 3. The first-order chi connectivity index (χ1) is 16.8. The lowest BCUT2D eigenvalue weighted by molar-refractivity contribution is -0.141. The minimum absolute atomic E-state index is 0.0840. The van der Waals surface area contributed by atoms with Crippen LogP contribution in [0.15, 0.2) is 66.7 Å². The predicted molar refractivity (Wildman–Crippen MR) is 134 cm³/mol. The zero-order chi connectivity index (χ0) is 25.1. The molecule has 2 N–H and O–H groups in total. The summed E-state index contributed by atoms with van der Waals surface area (Å²) in [6.45, 7) is 3.53. The molecule has 35 heavy (non-hydrogen) atoms. The number of anilines is 1. The fourth-order valence-electron chi connectivity index (χ4n) is 4.37. The van der Waals surface area contributed by atoms with Gasteiger partial charge in [-0.3, -0.25) is 10.1 Å². The van der Waals surface area contributed by atoms with Crippen LogP contribution < -0.4 is 5.32 Å². The fraction of sp³-hybridized carbons (Fsp3) is 0.250. The molecule has 0 saturated heterocycles. The lowest BCUT2D eigenvalue weighted by Crippen LogP contribution is -2.40. The van der Waals surface area contributed by atoms with Crippen molar-refractivity contribution in [2.45, 2.75) is 32.2 Å². The minimum Gasteiger partial charge on any atom is -0.480 e. The van der Waals surface area contributed by atoms with Crippen LogP contribution in [0.4, 0.5) is 10.5 Å². The Labute approximate surface area is 204 Å². The van der Waals surface area contributed by atoms with Gasteiger partial charge in [0.2, 0.25) is 0 Å². The number of aliphatic carboxylic acids is 1. The molecule has 7 nitrogen and oxygen atoms in total. The zero-order valence-corrected chi connectivity index (χ0v) is 19.9. The number of amides is 2. The number of nitrogens with zero attached hydrogens (tertiary/aromatic N) is 1. The first-order valence-corrected chi connectivity index (χ1v) is 11.6. The van der Waals surface area contributed by atoms with Crippen LogP contribution in [0.2, 0.25) is 0 Å². The standard InChI is InChI=1S/C28H28N2O5/c1-4-18-13-14-25(23(15-18)26(31)30(3)17(2)27(32)33)29-28(34)35-16-24-21-11-7-5-9-19(21)20-10-6-8-12-22(20)24/h5-15,17,24H,4,16H2,1-3H3,(H,29,34)(H,32,33)/t17-/m0/s1. The highest BCUT2D eigenvalue weighted by Crippen LogP contribution is 2.44. The smallest absolute Gasteiger partial charge is 0.411 e. The van der Waals surface area contributed by atoms with E-state index in [2.05, 4.69) is 17.4 Å². The van der Waals surface area contributed by atoms with Gasteiger partial charge in [-0.15, -0.1) is 0 Å². The van der Waals surface area contributed by atoms with Crippen molar-refractivity contribution in [1.82, 2.24) is 4.90 Å². The SMILES string of the molecule is CCc1ccc(NC(=O)OCC2c3ccccc3-c3ccccc32)c(C(=O)N(C)[C@@H](C)C(=O)O)c1. The molecule has 1 aliphatic rings. The highest BCUT2D eigenvalue weighted by atomic mass is 16.5. The summed E-state index contributed by atoms with van der Waals surface area (Å²) >= 11 is 0. The summed E-state index contributed by atoms with van der Waals surface area (Å²) < 4.78 is 5.61. The molecule has 3 aromatic rings. The first-order valence-electron chi connectivity index (χ1n) is 11.6. The number of benzene rings is 3. The van der Waals surface area contributed by atoms with Crippen molar-refractivity contribution in [1.29, 1.82) is 0 Å². The minimum atomic E-state index is -1.11. The maximum Gasteiger partial charge on any atom is 0.411 e. The molecule has 0 saturated carbocycles. The van der Waals surface area contributed by atoms with Crippen molar-refractivity contribution < 1.29 is 24.2 Å². The van der Waals surface area contributed by atoms with E-state index in [0.717, 1.165) is 32.7 Å². The molecule has 4 rings (SSSR count). The third-order valence-corrected chi connectivity index (χ3v) is 6.56. The van der Waals surface area contributed by atoms with Gasteiger partial charge in [0.05, 0.1) is 11.3 Å². The number of carbonyl (C=O) groups excluding carboxylic acids is 2. The van der Waals surface area contributed by atoms with Crippen LogP contribution in [0, 0.1) is 0 Å². The molecule has 0 heterocycles. The van der Waals surface area contributed by atoms with Gasteiger partial charge < -0.3 is 14.7 Å². The summed E-state index contributed by atoms with van der Waals surface area (Å²) in [5, 5.41) is 12.0. The van der Waals surface area contributed by atoms with Crippen LogP contribution in [0.3, 0.4) is 0 Å². The summed E-state index contributed by atoms with van der Waals surface area (Å²) in [6.07, 6.45) is 0.00284. The highest BCUT2D eigenvalue weighted by Gasteiger charge is 2.29. The van der Waals surface area contributed by atoms with Crippen LogP contribution >= 0.6 is 0 Å². The summed E-state index contributed by atoms with van der Waals surface area (Å²) in [6, 6.07) is 20.3. The Hall–Kier alpha value is -4.13. The maximum atomic E-state index is 13.1. The number of nitrogens with one attached hydrogen (secondary N) is 1. The van der Waals surface area contributed by atoms with Crippen LogP contribution in [0.1, 0.15) is 46.8 Å². The Bertz CT molecular complexity index is 1240. The van der Waals surface area contributed by atoms with Gasteiger partial charge in [0.15, 0.2) is 0 Å². The second-order valence-corrected chi connectivity index (χ2v) is 8.61. The van der Waals surface area contributed by atoms with E-state index < -0.39 is 24.0 Å². The molecule has 7 heteroatoms. The van der Waals surface area contributed by atoms with Gasteiger partial charge in [-0.05, 0) is 53.3 Å². The van der Waals surface area contributed by atoms with Gasteiger partial charge >= 0.3 is 12.1 Å². The highest BCUT2D eigenvalue weighted by molar-refractivity contribution is 6.04. The second-order valence-electron chi connectivity index (χ2n) is 8.61. The molecule has 0 fully saturated rings. The molecule has 180 valence electrons. The quantitative estimate of drug-likeness (QED) is 0.496. The van der Waals surface area contributed by atoms with Gasteiger partial charge in [-0.1, -0.05) is 61.5 Å². The van der Waals surface area contributed by atoms with Crippen molar-refractivity contribution >= 4 is 23.7 Å². The number of rotatable bonds is 7. The molecule has 0 unspecified atom stereocenters. The van der Waals surface area contributed by atoms with E-state index in [9.17, 15) is 19.5 Å². The van der Waals surface area contributed by atoms with E-state index in [1.54, 1.807) is 12.1 Å². The summed E-state index contributed by atoms with van der Waals surface area (Å²) in [5.41, 5.74) is 5.86. The zero-order valence-electron chi connectivity index (χ0n) is 19.9. The van der Waals surface area contributed by atoms with Crippen LogP contribution in [0.25, 0.3) is 11.1 Å². The number of carboxylic acids is 1. The number of likely N-dealkylation sites (N-methyl/N-ethyl adjacent to an activating group) is 1. The van der Waals surface area contributed by atoms with Gasteiger partial charge in [0.1, 0.15) is 12.6 Å². The third kappa shape index (κ3) is 4.75. The lowest BCUT2D eigenvalue weighted by Gasteiger charge is -2.23. The number of hydrogen-bond donors (Lipinski definition) is 2. The van der Waals surface area contributed by atoms with Crippen molar-refractivity contribution in [3.05, 3.63) is 89.0 Å². The molecule has 1 aliphatic carbocycles. The maximum absolute atomic E-state index is 13.1. The first kappa shape index (κ1) is 24.0. The molecule has 0 aliphatic heterocycles. The molecular weight excluding hydrogens is 444 g/mol. The second kappa shape index (κ2) is 10.0. The number of ether oxygens (including phenoxy) is 1. The molecule has 1 atom stereocenters. The largest absolute Gasteiger partial charge is 0.480 e. The summed E-state index contributed by atoms with van der Waals surface area (Å²) in [5.74, 6) is -1.69. The van der Waals surface area contributed by atoms with E-state index in [4.69, 9.17) is 4.74 Å². The Morgan fingerprint density at radius 2 is 1.60 bits per heavy atom. The molecule has 0 aromatic heterocycles. The topological polar surface area (TPSA) is 95.9 Å². The number of carboxylic acid groups (broad SMARTS) is 1. The molecule has 0 radical (unpaired) electrons. The van der Waals surface area contributed by atoms with E-state index in [1.807, 2.05) is 49.4 Å². The van der Waals surface area contributed by atoms with Crippen molar-refractivity contribution in [2.24, 2.45) is 0 Å². The van der Waals surface area contributed by atoms with Gasteiger partial charge in [-0.25, -0.2) is 9.59 Å². The molecular formula is C28H28N2O5. The van der Waals surface area contributed by atoms with Gasteiger partial charge in [0.25, 0.3) is 5.91 Å². The number of carbonyl (C=O) groups is 3. The Balaban J connectivity index is 1.52. The van der Waals surface area contributed by atoms with Crippen molar-refractivity contribution in [2.75, 3.05) is 19.0 Å². The van der Waals surface area contributed by atoms with Crippen molar-refractivity contribution in [3.8, 4) is 11.1 Å². The summed E-state index contributed by atoms with van der Waals surface area (Å²) in [4.78, 5) is 38.4. The van der Waals surface area contributed by atoms with E-state index >= 15 is 0 Å². The molecule has 0 spiro atoms. The molecule has 3 aromatic carbocycles. The van der Waals surface area contributed by atoms with E-state index in [1.165, 1.54) is 14.0 Å². The predicted octanol–water partition coefficient (Wildman–Crippen LogP) is 5.16. The number of aryl methyl sites for hydroxylation is 1. The van der Waals surface area contributed by atoms with Crippen LogP contribution in [-0.2, 0) is 16.0 Å². The monoisotopic (exact) mass is 472 g/mol. The Morgan fingerprint density at radius 1 is 1.00 bits per heavy atom. The number of hydrogen-bond acceptors (Lipinski definition) is 4. The van der Waals surface area contributed by atoms with Crippen LogP contribution in [-0.4, -0.2) is 47.7 Å². The van der Waals surface area contributed by atoms with Gasteiger partial charge in [0, 0.05) is 13.0 Å². The average Bonchev–Trinajstić information content (AvgIpc) is 3.20. The third-order valence-electron chi connectivity index (χ3n) is 6.56. The molecule has 2 amide bonds. The normalized spacial score (nSPS) is 12.9. The molecule has 0 bridgehead atoms. The van der Waals surface area contributed by atoms with Gasteiger partial charge in [-0.2, -0.15) is 0 Å². The Morgan fingerprint density at radius 3 is 2.17 bits per heavy atom. The fourth-order valence-corrected chi connectivity index (χ4v) is 4.37. The van der Waals surface area contributed by atoms with E-state index in [-0.39, 0.29) is 23.8 Å². The Kier molecular flexibility index (Phi) is 6.87. The summed E-state index contributed by atoms with van der Waals surface area (Å²) in [7, 11) is 1.43. The van der Waals surface area contributed by atoms with Crippen molar-refractivity contribution in [3.63, 3.8) is 0 Å². The average molecular weight is 473 g/mol.